The quantitative estimate of drug-likeness (QED) is 0.901. The highest BCUT2D eigenvalue weighted by Gasteiger charge is 2.25. The topological polar surface area (TPSA) is 39.6 Å². The summed E-state index contributed by atoms with van der Waals surface area (Å²) in [6.45, 7) is 6.61. The first-order valence-corrected chi connectivity index (χ1v) is 9.48. The summed E-state index contributed by atoms with van der Waals surface area (Å²) >= 11 is 1.91. The zero-order chi connectivity index (χ0) is 15.5. The lowest BCUT2D eigenvalue weighted by Crippen LogP contribution is -2.44. The van der Waals surface area contributed by atoms with Gasteiger partial charge in [0.05, 0.1) is 18.8 Å². The molecule has 1 aromatic heterocycles. The first-order chi connectivity index (χ1) is 10.7. The molecule has 3 rings (SSSR count). The van der Waals surface area contributed by atoms with Crippen molar-refractivity contribution in [3.05, 3.63) is 15.6 Å². The number of rotatable bonds is 5. The minimum atomic E-state index is 0.245. The molecule has 2 aliphatic rings. The predicted molar refractivity (Wildman–Crippen MR) is 91.3 cm³/mol. The highest BCUT2D eigenvalue weighted by atomic mass is 32.1. The highest BCUT2D eigenvalue weighted by molar-refractivity contribution is 7.11. The fourth-order valence-electron chi connectivity index (χ4n) is 3.71. The number of hydrogen-bond donors (Lipinski definition) is 1. The Morgan fingerprint density at radius 2 is 2.09 bits per heavy atom. The van der Waals surface area contributed by atoms with Crippen LogP contribution in [0.15, 0.2) is 0 Å². The van der Waals surface area contributed by atoms with Crippen LogP contribution in [-0.4, -0.2) is 59.2 Å². The van der Waals surface area contributed by atoms with E-state index in [1.807, 2.05) is 11.3 Å². The molecule has 1 unspecified atom stereocenters. The van der Waals surface area contributed by atoms with Gasteiger partial charge in [0, 0.05) is 17.5 Å². The van der Waals surface area contributed by atoms with Crippen molar-refractivity contribution in [2.75, 3.05) is 33.3 Å². The molecular formula is C17H29N3OS. The number of nitrogens with zero attached hydrogens (tertiary/aromatic N) is 3. The second-order valence-electron chi connectivity index (χ2n) is 7.05. The van der Waals surface area contributed by atoms with Gasteiger partial charge in [-0.1, -0.05) is 6.92 Å². The van der Waals surface area contributed by atoms with E-state index in [2.05, 4.69) is 23.8 Å². The molecular weight excluding hydrogens is 294 g/mol. The molecule has 0 amide bonds. The molecule has 0 saturated carbocycles. The lowest BCUT2D eigenvalue weighted by molar-refractivity contribution is 0.0940. The van der Waals surface area contributed by atoms with Crippen molar-refractivity contribution in [3.8, 4) is 0 Å². The van der Waals surface area contributed by atoms with Crippen LogP contribution in [0.1, 0.15) is 41.8 Å². The third kappa shape index (κ3) is 3.88. The Bertz CT molecular complexity index is 482. The van der Waals surface area contributed by atoms with E-state index in [1.54, 1.807) is 0 Å². The molecule has 0 aromatic carbocycles. The first kappa shape index (κ1) is 16.4. The van der Waals surface area contributed by atoms with Crippen molar-refractivity contribution in [2.45, 2.75) is 51.6 Å². The zero-order valence-electron chi connectivity index (χ0n) is 13.9. The van der Waals surface area contributed by atoms with Crippen LogP contribution >= 0.6 is 11.3 Å². The molecule has 1 aliphatic carbocycles. The van der Waals surface area contributed by atoms with E-state index in [-0.39, 0.29) is 6.61 Å². The van der Waals surface area contributed by atoms with E-state index in [9.17, 15) is 5.11 Å². The third-order valence-corrected chi connectivity index (χ3v) is 6.27. The van der Waals surface area contributed by atoms with E-state index in [1.165, 1.54) is 54.4 Å². The minimum absolute atomic E-state index is 0.245. The summed E-state index contributed by atoms with van der Waals surface area (Å²) in [6, 6.07) is 0.600. The molecule has 1 aliphatic heterocycles. The highest BCUT2D eigenvalue weighted by Crippen LogP contribution is 2.31. The summed E-state index contributed by atoms with van der Waals surface area (Å²) in [4.78, 5) is 11.3. The standard InChI is InChI=1S/C17H29N3OS/c1-13-3-4-15-16(11-13)22-17(18-15)12-20(9-10-21)14-5-7-19(2)8-6-14/h13-14,21H,3-12H2,1-2H3. The van der Waals surface area contributed by atoms with Crippen LogP contribution in [0.5, 0.6) is 0 Å². The van der Waals surface area contributed by atoms with Crippen molar-refractivity contribution < 1.29 is 5.11 Å². The van der Waals surface area contributed by atoms with Gasteiger partial charge < -0.3 is 10.0 Å². The predicted octanol–water partition coefficient (Wildman–Crippen LogP) is 2.16. The maximum Gasteiger partial charge on any atom is 0.107 e. The first-order valence-electron chi connectivity index (χ1n) is 8.66. The molecule has 0 bridgehead atoms. The van der Waals surface area contributed by atoms with Crippen molar-refractivity contribution in [3.63, 3.8) is 0 Å². The number of aryl methyl sites for hydroxylation is 1. The van der Waals surface area contributed by atoms with E-state index >= 15 is 0 Å². The van der Waals surface area contributed by atoms with Gasteiger partial charge in [-0.05, 0) is 58.2 Å². The molecule has 5 heteroatoms. The Morgan fingerprint density at radius 3 is 2.82 bits per heavy atom. The van der Waals surface area contributed by atoms with Gasteiger partial charge in [-0.15, -0.1) is 11.3 Å². The largest absolute Gasteiger partial charge is 0.395 e. The Kier molecular flexibility index (Phi) is 5.50. The summed E-state index contributed by atoms with van der Waals surface area (Å²) < 4.78 is 0. The SMILES string of the molecule is CC1CCc2nc(CN(CCO)C3CCN(C)CC3)sc2C1. The number of aromatic nitrogens is 1. The number of fused-ring (bicyclic) bond motifs is 1. The summed E-state index contributed by atoms with van der Waals surface area (Å²) in [7, 11) is 2.20. The van der Waals surface area contributed by atoms with Crippen LogP contribution in [0.2, 0.25) is 0 Å². The van der Waals surface area contributed by atoms with Crippen molar-refractivity contribution in [1.82, 2.24) is 14.8 Å². The summed E-state index contributed by atoms with van der Waals surface area (Å²) in [5.41, 5.74) is 1.35. The molecule has 1 fully saturated rings. The lowest BCUT2D eigenvalue weighted by atomic mass is 9.93. The van der Waals surface area contributed by atoms with Crippen LogP contribution in [0.3, 0.4) is 0 Å². The van der Waals surface area contributed by atoms with Gasteiger partial charge in [0.15, 0.2) is 0 Å². The summed E-state index contributed by atoms with van der Waals surface area (Å²) in [5.74, 6) is 0.809. The Morgan fingerprint density at radius 1 is 1.32 bits per heavy atom. The molecule has 1 N–H and O–H groups in total. The average Bonchev–Trinajstić information content (AvgIpc) is 2.89. The molecule has 0 spiro atoms. The Labute approximate surface area is 138 Å². The average molecular weight is 324 g/mol. The smallest absolute Gasteiger partial charge is 0.107 e. The van der Waals surface area contributed by atoms with Gasteiger partial charge in [-0.3, -0.25) is 4.90 Å². The molecule has 1 aromatic rings. The van der Waals surface area contributed by atoms with E-state index in [0.29, 0.717) is 6.04 Å². The third-order valence-electron chi connectivity index (χ3n) is 5.16. The number of thiazole rings is 1. The van der Waals surface area contributed by atoms with Crippen LogP contribution in [0.25, 0.3) is 0 Å². The van der Waals surface area contributed by atoms with Crippen LogP contribution in [0, 0.1) is 5.92 Å². The number of aliphatic hydroxyl groups is 1. The number of aliphatic hydroxyl groups excluding tert-OH is 1. The normalized spacial score (nSPS) is 23.9. The van der Waals surface area contributed by atoms with Crippen LogP contribution in [0.4, 0.5) is 0 Å². The zero-order valence-corrected chi connectivity index (χ0v) is 14.7. The Balaban J connectivity index is 1.66. The van der Waals surface area contributed by atoms with E-state index in [4.69, 9.17) is 4.98 Å². The second-order valence-corrected chi connectivity index (χ2v) is 8.22. The molecule has 0 radical (unpaired) electrons. The van der Waals surface area contributed by atoms with E-state index in [0.717, 1.165) is 25.4 Å². The van der Waals surface area contributed by atoms with Crippen LogP contribution in [-0.2, 0) is 19.4 Å². The van der Waals surface area contributed by atoms with Crippen molar-refractivity contribution in [2.24, 2.45) is 5.92 Å². The molecule has 1 atom stereocenters. The fourth-order valence-corrected chi connectivity index (χ4v) is 5.02. The summed E-state index contributed by atoms with van der Waals surface area (Å²) in [6.07, 6.45) is 6.06. The number of likely N-dealkylation sites (tertiary alicyclic amines) is 1. The Hall–Kier alpha value is -0.490. The molecule has 2 heterocycles. The lowest BCUT2D eigenvalue weighted by Gasteiger charge is -2.36. The van der Waals surface area contributed by atoms with E-state index < -0.39 is 0 Å². The fraction of sp³-hybridized carbons (Fsp3) is 0.824. The number of piperidine rings is 1. The van der Waals surface area contributed by atoms with Gasteiger partial charge >= 0.3 is 0 Å². The monoisotopic (exact) mass is 323 g/mol. The van der Waals surface area contributed by atoms with Gasteiger partial charge in [0.2, 0.25) is 0 Å². The summed E-state index contributed by atoms with van der Waals surface area (Å²) in [5, 5.41) is 10.7. The maximum atomic E-state index is 9.43. The van der Waals surface area contributed by atoms with Gasteiger partial charge in [0.25, 0.3) is 0 Å². The molecule has 4 nitrogen and oxygen atoms in total. The van der Waals surface area contributed by atoms with Crippen LogP contribution < -0.4 is 0 Å². The van der Waals surface area contributed by atoms with Gasteiger partial charge in [0.1, 0.15) is 5.01 Å². The van der Waals surface area contributed by atoms with Crippen molar-refractivity contribution >= 4 is 11.3 Å². The van der Waals surface area contributed by atoms with Gasteiger partial charge in [-0.25, -0.2) is 4.98 Å². The van der Waals surface area contributed by atoms with Crippen molar-refractivity contribution in [1.29, 1.82) is 0 Å². The maximum absolute atomic E-state index is 9.43. The second kappa shape index (κ2) is 7.39. The number of hydrogen-bond acceptors (Lipinski definition) is 5. The molecule has 124 valence electrons. The molecule has 22 heavy (non-hydrogen) atoms. The molecule has 1 saturated heterocycles. The van der Waals surface area contributed by atoms with Gasteiger partial charge in [-0.2, -0.15) is 0 Å². The minimum Gasteiger partial charge on any atom is -0.395 e.